The molecule has 0 atom stereocenters. The van der Waals surface area contributed by atoms with Crippen LogP contribution >= 0.6 is 0 Å². The van der Waals surface area contributed by atoms with Crippen LogP contribution in [-0.2, 0) is 6.42 Å². The van der Waals surface area contributed by atoms with E-state index in [9.17, 15) is 5.11 Å². The average Bonchev–Trinajstić information content (AvgIpc) is 3.10. The van der Waals surface area contributed by atoms with Crippen molar-refractivity contribution in [1.82, 2.24) is 20.3 Å². The molecule has 0 aliphatic rings. The van der Waals surface area contributed by atoms with Crippen molar-refractivity contribution < 1.29 is 10.2 Å². The molecule has 0 radical (unpaired) electrons. The number of aromatic nitrogens is 3. The van der Waals surface area contributed by atoms with Gasteiger partial charge in [0.2, 0.25) is 0 Å². The Morgan fingerprint density at radius 2 is 1.63 bits per heavy atom. The Bertz CT molecular complexity index is 810. The van der Waals surface area contributed by atoms with Gasteiger partial charge in [0, 0.05) is 6.61 Å². The lowest BCUT2D eigenvalue weighted by Crippen LogP contribution is -2.09. The molecule has 0 saturated carbocycles. The maximum atomic E-state index is 10.3. The minimum atomic E-state index is 0.200. The van der Waals surface area contributed by atoms with Crippen LogP contribution < -0.4 is 5.32 Å². The molecule has 1 aromatic heterocycles. The third-order valence-corrected chi connectivity index (χ3v) is 4.22. The number of nitrogens with one attached hydrogen (secondary N) is 1. The molecule has 0 saturated heterocycles. The highest BCUT2D eigenvalue weighted by Crippen LogP contribution is 2.28. The summed E-state index contributed by atoms with van der Waals surface area (Å²) in [5.41, 5.74) is 4.10. The standard InChI is InChI=1S/C17H19N3O2.C4H11N/c1-12-10-13(6-4-5-9-21)11-16(17(12)22)20-18-14-7-2-3-8-15(14)19-20;1-3-5-4-2/h2-3,7-8,10-11,21-22H,4-6,9H2,1H3;5H,3-4H2,1-2H3. The molecule has 0 spiro atoms. The van der Waals surface area contributed by atoms with Gasteiger partial charge >= 0.3 is 0 Å². The lowest BCUT2D eigenvalue weighted by atomic mass is 10.0. The van der Waals surface area contributed by atoms with E-state index in [4.69, 9.17) is 5.11 Å². The highest BCUT2D eigenvalue weighted by atomic mass is 16.3. The number of nitrogens with zero attached hydrogens (tertiary/aromatic N) is 3. The molecule has 2 aromatic carbocycles. The first-order valence-corrected chi connectivity index (χ1v) is 9.57. The number of aromatic hydroxyl groups is 1. The van der Waals surface area contributed by atoms with Crippen LogP contribution in [0.5, 0.6) is 5.75 Å². The molecule has 0 aliphatic carbocycles. The van der Waals surface area contributed by atoms with Crippen molar-refractivity contribution in [3.05, 3.63) is 47.5 Å². The van der Waals surface area contributed by atoms with Gasteiger partial charge in [0.1, 0.15) is 22.5 Å². The molecule has 0 unspecified atom stereocenters. The lowest BCUT2D eigenvalue weighted by Gasteiger charge is -2.10. The van der Waals surface area contributed by atoms with Crippen molar-refractivity contribution >= 4 is 11.0 Å². The van der Waals surface area contributed by atoms with Gasteiger partial charge in [-0.3, -0.25) is 0 Å². The van der Waals surface area contributed by atoms with Gasteiger partial charge in [-0.15, -0.1) is 15.0 Å². The van der Waals surface area contributed by atoms with Crippen LogP contribution in [0.1, 0.15) is 37.8 Å². The number of phenolic OH excluding ortho intramolecular Hbond substituents is 1. The molecule has 6 nitrogen and oxygen atoms in total. The van der Waals surface area contributed by atoms with Crippen molar-refractivity contribution in [3.63, 3.8) is 0 Å². The zero-order valence-corrected chi connectivity index (χ0v) is 16.4. The number of hydrogen-bond donors (Lipinski definition) is 3. The Kier molecular flexibility index (Phi) is 8.23. The zero-order valence-electron chi connectivity index (χ0n) is 16.4. The van der Waals surface area contributed by atoms with Gasteiger partial charge in [-0.05, 0) is 68.6 Å². The van der Waals surface area contributed by atoms with Crippen molar-refractivity contribution in [2.45, 2.75) is 40.0 Å². The van der Waals surface area contributed by atoms with Gasteiger partial charge in [-0.1, -0.05) is 32.0 Å². The second-order valence-electron chi connectivity index (χ2n) is 6.40. The summed E-state index contributed by atoms with van der Waals surface area (Å²) in [5.74, 6) is 0.200. The van der Waals surface area contributed by atoms with E-state index in [1.54, 1.807) is 0 Å². The van der Waals surface area contributed by atoms with E-state index in [-0.39, 0.29) is 12.4 Å². The summed E-state index contributed by atoms with van der Waals surface area (Å²) < 4.78 is 0. The fourth-order valence-corrected chi connectivity index (χ4v) is 2.79. The molecule has 0 amide bonds. The van der Waals surface area contributed by atoms with Gasteiger partial charge in [0.25, 0.3) is 0 Å². The van der Waals surface area contributed by atoms with Crippen LogP contribution in [0, 0.1) is 6.92 Å². The SMILES string of the molecule is CCNCC.Cc1cc(CCCCO)cc(-n2nc3ccccc3n2)c1O. The van der Waals surface area contributed by atoms with Gasteiger partial charge in [-0.2, -0.15) is 0 Å². The van der Waals surface area contributed by atoms with Crippen LogP contribution in [0.2, 0.25) is 0 Å². The molecule has 3 rings (SSSR count). The van der Waals surface area contributed by atoms with E-state index >= 15 is 0 Å². The van der Waals surface area contributed by atoms with E-state index in [1.807, 2.05) is 43.3 Å². The Labute approximate surface area is 160 Å². The molecule has 146 valence electrons. The minimum absolute atomic E-state index is 0.200. The smallest absolute Gasteiger partial charge is 0.146 e. The number of unbranched alkanes of at least 4 members (excludes halogenated alkanes) is 1. The first-order valence-electron chi connectivity index (χ1n) is 9.57. The average molecular weight is 370 g/mol. The normalized spacial score (nSPS) is 10.7. The number of aliphatic hydroxyl groups excluding tert-OH is 1. The van der Waals surface area contributed by atoms with Crippen molar-refractivity contribution in [3.8, 4) is 11.4 Å². The zero-order chi connectivity index (χ0) is 19.6. The van der Waals surface area contributed by atoms with Crippen LogP contribution in [0.4, 0.5) is 0 Å². The molecular formula is C21H30N4O2. The summed E-state index contributed by atoms with van der Waals surface area (Å²) >= 11 is 0. The molecule has 0 bridgehead atoms. The maximum absolute atomic E-state index is 10.3. The number of phenols is 1. The quantitative estimate of drug-likeness (QED) is 0.556. The number of rotatable bonds is 7. The molecular weight excluding hydrogens is 340 g/mol. The predicted octanol–water partition coefficient (Wildman–Crippen LogP) is 3.37. The minimum Gasteiger partial charge on any atom is -0.505 e. The fourth-order valence-electron chi connectivity index (χ4n) is 2.79. The molecule has 3 aromatic rings. The Hall–Kier alpha value is -2.44. The first-order chi connectivity index (χ1) is 13.1. The molecule has 3 N–H and O–H groups in total. The molecule has 6 heteroatoms. The van der Waals surface area contributed by atoms with Crippen LogP contribution in [-0.4, -0.2) is 44.9 Å². The second-order valence-corrected chi connectivity index (χ2v) is 6.40. The molecule has 27 heavy (non-hydrogen) atoms. The number of fused-ring (bicyclic) bond motifs is 1. The fraction of sp³-hybridized carbons (Fsp3) is 0.429. The largest absolute Gasteiger partial charge is 0.505 e. The van der Waals surface area contributed by atoms with Crippen molar-refractivity contribution in [2.75, 3.05) is 19.7 Å². The highest BCUT2D eigenvalue weighted by molar-refractivity contribution is 5.73. The van der Waals surface area contributed by atoms with E-state index in [2.05, 4.69) is 29.4 Å². The topological polar surface area (TPSA) is 83.2 Å². The number of hydrogen-bond acceptors (Lipinski definition) is 5. The van der Waals surface area contributed by atoms with Crippen LogP contribution in [0.25, 0.3) is 16.7 Å². The molecule has 1 heterocycles. The summed E-state index contributed by atoms with van der Waals surface area (Å²) in [4.78, 5) is 1.49. The lowest BCUT2D eigenvalue weighted by molar-refractivity contribution is 0.284. The predicted molar refractivity (Wildman–Crippen MR) is 110 cm³/mol. The van der Waals surface area contributed by atoms with Gasteiger partial charge in [0.15, 0.2) is 0 Å². The summed E-state index contributed by atoms with van der Waals surface area (Å²) in [6, 6.07) is 11.5. The van der Waals surface area contributed by atoms with E-state index in [0.717, 1.165) is 54.5 Å². The highest BCUT2D eigenvalue weighted by Gasteiger charge is 2.12. The first kappa shape index (κ1) is 20.9. The Morgan fingerprint density at radius 1 is 1.00 bits per heavy atom. The van der Waals surface area contributed by atoms with E-state index in [0.29, 0.717) is 5.69 Å². The maximum Gasteiger partial charge on any atom is 0.146 e. The summed E-state index contributed by atoms with van der Waals surface area (Å²) in [7, 11) is 0. The summed E-state index contributed by atoms with van der Waals surface area (Å²) in [6.07, 6.45) is 2.54. The van der Waals surface area contributed by atoms with Gasteiger partial charge in [-0.25, -0.2) is 0 Å². The Morgan fingerprint density at radius 3 is 2.15 bits per heavy atom. The van der Waals surface area contributed by atoms with Gasteiger partial charge < -0.3 is 15.5 Å². The van der Waals surface area contributed by atoms with Crippen molar-refractivity contribution in [1.29, 1.82) is 0 Å². The monoisotopic (exact) mass is 370 g/mol. The molecule has 0 aliphatic heterocycles. The molecule has 0 fully saturated rings. The third-order valence-electron chi connectivity index (χ3n) is 4.22. The number of aliphatic hydroxyl groups is 1. The van der Waals surface area contributed by atoms with Crippen LogP contribution in [0.15, 0.2) is 36.4 Å². The Balaban J connectivity index is 0.000000465. The van der Waals surface area contributed by atoms with Crippen molar-refractivity contribution in [2.24, 2.45) is 0 Å². The second kappa shape index (κ2) is 10.6. The summed E-state index contributed by atoms with van der Waals surface area (Å²) in [5, 5.41) is 31.2. The number of benzene rings is 2. The number of aryl methyl sites for hydroxylation is 2. The third kappa shape index (κ3) is 5.77. The van der Waals surface area contributed by atoms with E-state index < -0.39 is 0 Å². The van der Waals surface area contributed by atoms with Gasteiger partial charge in [0.05, 0.1) is 0 Å². The van der Waals surface area contributed by atoms with Crippen LogP contribution in [0.3, 0.4) is 0 Å². The summed E-state index contributed by atoms with van der Waals surface area (Å²) in [6.45, 7) is 8.47. The van der Waals surface area contributed by atoms with E-state index in [1.165, 1.54) is 4.80 Å².